The summed E-state index contributed by atoms with van der Waals surface area (Å²) in [7, 11) is -2.30. The zero-order valence-electron chi connectivity index (χ0n) is 31.2. The molecule has 1 saturated carbocycles. The molecule has 0 radical (unpaired) electrons. The molecule has 0 spiro atoms. The fraction of sp³-hybridized carbons (Fsp3) is 0.385. The number of sulfonamides is 1. The Balaban J connectivity index is 1.27. The van der Waals surface area contributed by atoms with Crippen LogP contribution >= 0.6 is 11.6 Å². The van der Waals surface area contributed by atoms with E-state index in [-0.39, 0.29) is 51.9 Å². The number of fused-ring (bicyclic) bond motifs is 4. The van der Waals surface area contributed by atoms with E-state index in [0.717, 1.165) is 37.8 Å². The van der Waals surface area contributed by atoms with Crippen molar-refractivity contribution in [3.63, 3.8) is 0 Å². The van der Waals surface area contributed by atoms with Crippen LogP contribution in [-0.4, -0.2) is 58.2 Å². The molecule has 11 nitrogen and oxygen atoms in total. The number of carbonyl (C=O) groups is 1. The van der Waals surface area contributed by atoms with Gasteiger partial charge in [-0.05, 0) is 80.0 Å². The Labute approximate surface area is 337 Å². The zero-order valence-corrected chi connectivity index (χ0v) is 32.8. The van der Waals surface area contributed by atoms with E-state index in [1.807, 2.05) is 0 Å². The Hall–Kier alpha value is -5.19. The molecule has 0 bridgehead atoms. The lowest BCUT2D eigenvalue weighted by atomic mass is 9.93. The van der Waals surface area contributed by atoms with Gasteiger partial charge in [-0.1, -0.05) is 23.6 Å². The minimum absolute atomic E-state index is 0.00732. The molecule has 1 unspecified atom stereocenters. The quantitative estimate of drug-likeness (QED) is 0.110. The molecule has 20 heteroatoms. The number of hydrogen-bond donors (Lipinski definition) is 3. The summed E-state index contributed by atoms with van der Waals surface area (Å²) >= 11 is 6.60. The van der Waals surface area contributed by atoms with Crippen LogP contribution in [0.4, 0.5) is 36.6 Å². The molecular weight excluding hydrogens is 829 g/mol. The smallest absolute Gasteiger partial charge is 0.346 e. The van der Waals surface area contributed by atoms with E-state index in [0.29, 0.717) is 33.9 Å². The number of aromatic nitrogens is 5. The fourth-order valence-corrected chi connectivity index (χ4v) is 8.92. The Bertz CT molecular complexity index is 2680. The van der Waals surface area contributed by atoms with Crippen molar-refractivity contribution in [1.82, 2.24) is 35.2 Å². The number of nitrogens with one attached hydrogen (secondary N) is 3. The SMILES string of the molecule is Cn1nc(NS(C)(=O)=O)c2c(Cl)ccc(-c3ccc(C#CC4CCCNC4)nc3[C@H](Cc3cc(F)cc(F)c3)NC(=O)Cn3nc(C(F)(F)F)c4c3C(F)(F)[C@@H]3C[C@H]43)c21. The van der Waals surface area contributed by atoms with Gasteiger partial charge in [0, 0.05) is 48.2 Å². The maximum atomic E-state index is 15.4. The van der Waals surface area contributed by atoms with Gasteiger partial charge in [-0.25, -0.2) is 22.2 Å². The Morgan fingerprint density at radius 2 is 1.83 bits per heavy atom. The van der Waals surface area contributed by atoms with Gasteiger partial charge in [-0.3, -0.25) is 18.9 Å². The molecule has 3 aliphatic rings. The van der Waals surface area contributed by atoms with Gasteiger partial charge in [0.1, 0.15) is 29.6 Å². The average molecular weight is 863 g/mol. The summed E-state index contributed by atoms with van der Waals surface area (Å²) in [6.45, 7) is 0.432. The van der Waals surface area contributed by atoms with Gasteiger partial charge in [0.05, 0.1) is 33.9 Å². The molecule has 8 rings (SSSR count). The van der Waals surface area contributed by atoms with Crippen LogP contribution < -0.4 is 15.4 Å². The third-order valence-electron chi connectivity index (χ3n) is 10.7. The number of amides is 1. The van der Waals surface area contributed by atoms with Crippen molar-refractivity contribution in [2.45, 2.75) is 56.3 Å². The first kappa shape index (κ1) is 40.6. The van der Waals surface area contributed by atoms with Crippen LogP contribution in [0.5, 0.6) is 0 Å². The molecule has 5 aromatic rings. The molecule has 1 aliphatic heterocycles. The van der Waals surface area contributed by atoms with Crippen LogP contribution in [0.3, 0.4) is 0 Å². The maximum absolute atomic E-state index is 15.4. The standard InChI is InChI=1S/C39H34ClF7N8O3S/c1-54-34-25(9-10-28(40)32(34)37(52-54)53-59(2,57)58)24-8-7-23(6-5-19-4-3-11-48-17-19)49-33(24)29(14-20-12-21(41)15-22(42)13-20)50-30(56)18-55-36-31(35(51-55)39(45,46)47)26-16-27(26)38(36,43)44/h7-10,12-13,15,19,26-27,29,48H,3-4,11,14,16-18H2,1-2H3,(H,50,56)(H,52,53)/t19?,26-,27+,29-/m0/s1. The minimum atomic E-state index is -5.07. The number of aryl methyl sites for hydroxylation is 1. The first-order valence-corrected chi connectivity index (χ1v) is 20.7. The predicted molar refractivity (Wildman–Crippen MR) is 203 cm³/mol. The van der Waals surface area contributed by atoms with Gasteiger partial charge < -0.3 is 10.6 Å². The first-order valence-electron chi connectivity index (χ1n) is 18.5. The fourth-order valence-electron chi connectivity index (χ4n) is 8.18. The molecule has 2 fully saturated rings. The number of halogens is 8. The lowest BCUT2D eigenvalue weighted by Crippen LogP contribution is -2.35. The summed E-state index contributed by atoms with van der Waals surface area (Å²) in [5.74, 6) is -2.82. The first-order chi connectivity index (χ1) is 27.8. The van der Waals surface area contributed by atoms with E-state index < -0.39 is 81.0 Å². The minimum Gasteiger partial charge on any atom is -0.346 e. The number of piperidine rings is 1. The largest absolute Gasteiger partial charge is 0.435 e. The van der Waals surface area contributed by atoms with Crippen molar-refractivity contribution in [3.8, 4) is 23.0 Å². The van der Waals surface area contributed by atoms with Gasteiger partial charge in [0.2, 0.25) is 15.9 Å². The highest BCUT2D eigenvalue weighted by Crippen LogP contribution is 2.68. The number of carbonyl (C=O) groups excluding carboxylic acids is 1. The van der Waals surface area contributed by atoms with Crippen LogP contribution in [0.15, 0.2) is 42.5 Å². The van der Waals surface area contributed by atoms with Gasteiger partial charge >= 0.3 is 6.18 Å². The van der Waals surface area contributed by atoms with Crippen LogP contribution in [0.2, 0.25) is 5.02 Å². The van der Waals surface area contributed by atoms with Crippen molar-refractivity contribution in [3.05, 3.63) is 93.0 Å². The molecule has 1 saturated heterocycles. The molecule has 3 aromatic heterocycles. The normalized spacial score (nSPS) is 20.1. The van der Waals surface area contributed by atoms with Gasteiger partial charge in [-0.15, -0.1) is 0 Å². The van der Waals surface area contributed by atoms with E-state index in [1.54, 1.807) is 18.2 Å². The summed E-state index contributed by atoms with van der Waals surface area (Å²) < 4.78 is 131. The number of pyridine rings is 1. The summed E-state index contributed by atoms with van der Waals surface area (Å²) in [5.41, 5.74) is -1.78. The highest BCUT2D eigenvalue weighted by Gasteiger charge is 2.68. The number of hydrogen-bond acceptors (Lipinski definition) is 7. The molecule has 2 aromatic carbocycles. The molecule has 4 heterocycles. The van der Waals surface area contributed by atoms with E-state index in [4.69, 9.17) is 16.6 Å². The van der Waals surface area contributed by atoms with Crippen molar-refractivity contribution in [2.24, 2.45) is 18.9 Å². The van der Waals surface area contributed by atoms with E-state index >= 15 is 8.78 Å². The Morgan fingerprint density at radius 1 is 1.10 bits per heavy atom. The lowest BCUT2D eigenvalue weighted by molar-refractivity contribution is -0.142. The number of alkyl halides is 5. The summed E-state index contributed by atoms with van der Waals surface area (Å²) in [5, 5.41) is 14.1. The Morgan fingerprint density at radius 3 is 2.51 bits per heavy atom. The molecule has 310 valence electrons. The van der Waals surface area contributed by atoms with Crippen molar-refractivity contribution in [2.75, 3.05) is 24.1 Å². The van der Waals surface area contributed by atoms with Crippen molar-refractivity contribution >= 4 is 44.3 Å². The number of nitrogens with zero attached hydrogens (tertiary/aromatic N) is 5. The highest BCUT2D eigenvalue weighted by atomic mass is 35.5. The molecular formula is C39H34ClF7N8O3S. The third-order valence-corrected chi connectivity index (χ3v) is 11.5. The highest BCUT2D eigenvalue weighted by molar-refractivity contribution is 7.92. The van der Waals surface area contributed by atoms with Crippen molar-refractivity contribution in [1.29, 1.82) is 0 Å². The zero-order chi connectivity index (χ0) is 42.2. The molecule has 1 amide bonds. The van der Waals surface area contributed by atoms with Gasteiger partial charge in [0.15, 0.2) is 11.5 Å². The lowest BCUT2D eigenvalue weighted by Gasteiger charge is -2.23. The number of rotatable bonds is 9. The van der Waals surface area contributed by atoms with Gasteiger partial charge in [0.25, 0.3) is 5.92 Å². The van der Waals surface area contributed by atoms with Crippen LogP contribution in [-0.2, 0) is 46.9 Å². The number of anilines is 1. The molecule has 4 atom stereocenters. The summed E-state index contributed by atoms with van der Waals surface area (Å²) in [4.78, 5) is 18.8. The second-order valence-electron chi connectivity index (χ2n) is 15.0. The second-order valence-corrected chi connectivity index (χ2v) is 17.2. The topological polar surface area (TPSA) is 136 Å². The third kappa shape index (κ3) is 7.97. The van der Waals surface area contributed by atoms with E-state index in [9.17, 15) is 35.2 Å². The van der Waals surface area contributed by atoms with Crippen LogP contribution in [0.1, 0.15) is 65.1 Å². The van der Waals surface area contributed by atoms with E-state index in [1.165, 1.54) is 17.8 Å². The van der Waals surface area contributed by atoms with Crippen LogP contribution in [0, 0.1) is 35.3 Å². The average Bonchev–Trinajstić information content (AvgIpc) is 3.68. The summed E-state index contributed by atoms with van der Waals surface area (Å²) in [6.07, 6.45) is -2.89. The molecule has 59 heavy (non-hydrogen) atoms. The molecule has 3 N–H and O–H groups in total. The monoisotopic (exact) mass is 862 g/mol. The second kappa shape index (κ2) is 14.8. The van der Waals surface area contributed by atoms with Crippen LogP contribution in [0.25, 0.3) is 22.0 Å². The van der Waals surface area contributed by atoms with E-state index in [2.05, 4.69) is 37.4 Å². The Kier molecular flexibility index (Phi) is 10.2. The maximum Gasteiger partial charge on any atom is 0.435 e. The molecule has 2 aliphatic carbocycles. The summed E-state index contributed by atoms with van der Waals surface area (Å²) in [6, 6.07) is 7.67. The predicted octanol–water partition coefficient (Wildman–Crippen LogP) is 6.81. The number of benzene rings is 2. The van der Waals surface area contributed by atoms with Gasteiger partial charge in [-0.2, -0.15) is 32.1 Å². The van der Waals surface area contributed by atoms with Crippen molar-refractivity contribution < 1.29 is 43.9 Å².